The fraction of sp³-hybridized carbons (Fsp3) is 0.545. The Morgan fingerprint density at radius 1 is 1.35 bits per heavy atom. The number of aromatic nitrogens is 3. The molecule has 3 atom stereocenters. The van der Waals surface area contributed by atoms with E-state index in [1.807, 2.05) is 0 Å². The second-order valence-electron chi connectivity index (χ2n) is 9.26. The van der Waals surface area contributed by atoms with Crippen LogP contribution < -0.4 is 11.1 Å². The topological polar surface area (TPSA) is 113 Å². The van der Waals surface area contributed by atoms with Crippen molar-refractivity contribution in [2.75, 3.05) is 18.4 Å². The van der Waals surface area contributed by atoms with Crippen molar-refractivity contribution in [2.45, 2.75) is 50.6 Å². The van der Waals surface area contributed by atoms with Gasteiger partial charge in [0.1, 0.15) is 5.56 Å². The predicted molar refractivity (Wildman–Crippen MR) is 112 cm³/mol. The van der Waals surface area contributed by atoms with Gasteiger partial charge in [0.05, 0.1) is 18.0 Å². The molecule has 8 nitrogen and oxygen atoms in total. The maximum absolute atomic E-state index is 13.4. The minimum atomic E-state index is -0.636. The third-order valence-corrected chi connectivity index (χ3v) is 7.29. The number of carbonyl (C=O) groups excluding carboxylic acids is 1. The first-order chi connectivity index (χ1) is 15.0. The van der Waals surface area contributed by atoms with Crippen LogP contribution in [0.5, 0.6) is 0 Å². The molecule has 1 amide bonds. The molecule has 3 heterocycles. The molecule has 1 saturated heterocycles. The molecule has 0 radical (unpaired) electrons. The van der Waals surface area contributed by atoms with Crippen molar-refractivity contribution >= 4 is 17.4 Å². The van der Waals surface area contributed by atoms with Gasteiger partial charge in [-0.05, 0) is 43.6 Å². The SMILES string of the molecule is N#CC1CC(N2CC3(CCC3)C2)CCC1n1cc(C(N)=O)c(Nc2ccnc(F)c2)n1. The lowest BCUT2D eigenvalue weighted by molar-refractivity contribution is -0.0941. The van der Waals surface area contributed by atoms with Gasteiger partial charge in [-0.2, -0.15) is 14.8 Å². The monoisotopic (exact) mass is 423 g/mol. The number of nitrogens with zero attached hydrogens (tertiary/aromatic N) is 5. The van der Waals surface area contributed by atoms with Crippen molar-refractivity contribution in [1.82, 2.24) is 19.7 Å². The summed E-state index contributed by atoms with van der Waals surface area (Å²) in [6.45, 7) is 2.34. The molecular weight excluding hydrogens is 397 g/mol. The van der Waals surface area contributed by atoms with E-state index in [4.69, 9.17) is 5.73 Å². The molecule has 1 spiro atoms. The van der Waals surface area contributed by atoms with Crippen LogP contribution in [-0.2, 0) is 0 Å². The number of carbonyl (C=O) groups is 1. The van der Waals surface area contributed by atoms with Crippen LogP contribution in [0.4, 0.5) is 15.9 Å². The summed E-state index contributed by atoms with van der Waals surface area (Å²) in [5, 5.41) is 17.3. The number of hydrogen-bond donors (Lipinski definition) is 2. The zero-order chi connectivity index (χ0) is 21.6. The highest BCUT2D eigenvalue weighted by molar-refractivity contribution is 5.98. The van der Waals surface area contributed by atoms with E-state index < -0.39 is 11.9 Å². The summed E-state index contributed by atoms with van der Waals surface area (Å²) in [5.74, 6) is -1.20. The van der Waals surface area contributed by atoms with E-state index in [2.05, 4.69) is 26.4 Å². The first kappa shape index (κ1) is 19.9. The van der Waals surface area contributed by atoms with Gasteiger partial charge >= 0.3 is 0 Å². The van der Waals surface area contributed by atoms with Crippen LogP contribution >= 0.6 is 0 Å². The van der Waals surface area contributed by atoms with Crippen molar-refractivity contribution in [2.24, 2.45) is 17.1 Å². The number of primary amides is 1. The Labute approximate surface area is 180 Å². The van der Waals surface area contributed by atoms with Crippen molar-refractivity contribution in [3.8, 4) is 6.07 Å². The van der Waals surface area contributed by atoms with Crippen LogP contribution in [0.15, 0.2) is 24.5 Å². The zero-order valence-electron chi connectivity index (χ0n) is 17.3. The molecule has 5 rings (SSSR count). The predicted octanol–water partition coefficient (Wildman–Crippen LogP) is 2.98. The van der Waals surface area contributed by atoms with Gasteiger partial charge < -0.3 is 11.1 Å². The third-order valence-electron chi connectivity index (χ3n) is 7.29. The fourth-order valence-electron chi connectivity index (χ4n) is 5.44. The molecule has 3 fully saturated rings. The van der Waals surface area contributed by atoms with Gasteiger partial charge in [-0.25, -0.2) is 4.98 Å². The summed E-state index contributed by atoms with van der Waals surface area (Å²) in [5.41, 5.74) is 6.76. The molecule has 1 aliphatic heterocycles. The van der Waals surface area contributed by atoms with Gasteiger partial charge in [-0.1, -0.05) is 6.42 Å². The molecule has 0 aromatic carbocycles. The molecule has 2 aromatic rings. The standard InChI is InChI=1S/C22H26FN7O/c23-19-9-15(4-7-26-19)27-21-17(20(25)31)11-30(28-21)18-3-2-16(8-14(18)10-24)29-12-22(13-29)5-1-6-22/h4,7,9,11,14,16,18H,1-3,5-6,8,12-13H2,(H2,25,31)(H,26,27,28). The minimum Gasteiger partial charge on any atom is -0.365 e. The van der Waals surface area contributed by atoms with E-state index in [0.717, 1.165) is 19.3 Å². The molecule has 3 unspecified atom stereocenters. The number of halogens is 1. The lowest BCUT2D eigenvalue weighted by atomic mass is 9.62. The Balaban J connectivity index is 1.32. The first-order valence-corrected chi connectivity index (χ1v) is 10.9. The van der Waals surface area contributed by atoms with Gasteiger partial charge in [0.15, 0.2) is 5.82 Å². The molecule has 3 aliphatic rings. The first-order valence-electron chi connectivity index (χ1n) is 10.9. The molecule has 3 N–H and O–H groups in total. The molecule has 162 valence electrons. The van der Waals surface area contributed by atoms with Gasteiger partial charge in [0.25, 0.3) is 5.91 Å². The summed E-state index contributed by atoms with van der Waals surface area (Å²) < 4.78 is 15.1. The van der Waals surface area contributed by atoms with Gasteiger partial charge in [-0.3, -0.25) is 14.4 Å². The Morgan fingerprint density at radius 3 is 2.81 bits per heavy atom. The van der Waals surface area contributed by atoms with Crippen LogP contribution in [0, 0.1) is 28.6 Å². The van der Waals surface area contributed by atoms with Gasteiger partial charge in [-0.15, -0.1) is 0 Å². The molecular formula is C22H26FN7O. The summed E-state index contributed by atoms with van der Waals surface area (Å²) in [4.78, 5) is 18.0. The number of nitrogens with one attached hydrogen (secondary N) is 1. The lowest BCUT2D eigenvalue weighted by Gasteiger charge is -2.59. The van der Waals surface area contributed by atoms with E-state index in [1.54, 1.807) is 16.9 Å². The lowest BCUT2D eigenvalue weighted by Crippen LogP contribution is -2.63. The summed E-state index contributed by atoms with van der Waals surface area (Å²) >= 11 is 0. The quantitative estimate of drug-likeness (QED) is 0.715. The number of rotatable bonds is 5. The number of likely N-dealkylation sites (tertiary alicyclic amines) is 1. The molecule has 31 heavy (non-hydrogen) atoms. The second-order valence-corrected chi connectivity index (χ2v) is 9.26. The van der Waals surface area contributed by atoms with E-state index in [0.29, 0.717) is 17.1 Å². The maximum Gasteiger partial charge on any atom is 0.254 e. The van der Waals surface area contributed by atoms with Gasteiger partial charge in [0, 0.05) is 43.3 Å². The highest BCUT2D eigenvalue weighted by atomic mass is 19.1. The summed E-state index contributed by atoms with van der Waals surface area (Å²) in [7, 11) is 0. The Hall–Kier alpha value is -2.99. The minimum absolute atomic E-state index is 0.122. The normalized spacial score (nSPS) is 27.2. The summed E-state index contributed by atoms with van der Waals surface area (Å²) in [6.07, 6.45) is 9.60. The number of nitriles is 1. The number of hydrogen-bond acceptors (Lipinski definition) is 6. The van der Waals surface area contributed by atoms with Crippen molar-refractivity contribution < 1.29 is 9.18 Å². The summed E-state index contributed by atoms with van der Waals surface area (Å²) in [6, 6.07) is 5.58. The van der Waals surface area contributed by atoms with E-state index in [1.165, 1.54) is 44.6 Å². The molecule has 2 saturated carbocycles. The molecule has 0 bridgehead atoms. The maximum atomic E-state index is 13.4. The number of amides is 1. The Kier molecular flexibility index (Phi) is 4.89. The van der Waals surface area contributed by atoms with Crippen molar-refractivity contribution in [3.05, 3.63) is 36.0 Å². The number of anilines is 2. The van der Waals surface area contributed by atoms with E-state index >= 15 is 0 Å². The molecule has 2 aliphatic carbocycles. The second kappa shape index (κ2) is 7.61. The van der Waals surface area contributed by atoms with Crippen LogP contribution in [0.3, 0.4) is 0 Å². The van der Waals surface area contributed by atoms with Crippen LogP contribution in [-0.4, -0.2) is 44.7 Å². The van der Waals surface area contributed by atoms with Crippen LogP contribution in [0.25, 0.3) is 0 Å². The highest BCUT2D eigenvalue weighted by Gasteiger charge is 2.50. The molecule has 2 aromatic heterocycles. The van der Waals surface area contributed by atoms with Crippen LogP contribution in [0.1, 0.15) is 54.9 Å². The van der Waals surface area contributed by atoms with E-state index in [-0.39, 0.29) is 23.3 Å². The highest BCUT2D eigenvalue weighted by Crippen LogP contribution is 2.50. The number of nitrogens with two attached hydrogens (primary N) is 1. The Bertz CT molecular complexity index is 1030. The molecule has 9 heteroatoms. The number of pyridine rings is 1. The van der Waals surface area contributed by atoms with Crippen LogP contribution in [0.2, 0.25) is 0 Å². The smallest absolute Gasteiger partial charge is 0.254 e. The van der Waals surface area contributed by atoms with E-state index in [9.17, 15) is 14.4 Å². The average Bonchev–Trinajstić information content (AvgIpc) is 3.09. The third kappa shape index (κ3) is 3.65. The average molecular weight is 423 g/mol. The zero-order valence-corrected chi connectivity index (χ0v) is 17.3. The van der Waals surface area contributed by atoms with Crippen molar-refractivity contribution in [3.63, 3.8) is 0 Å². The Morgan fingerprint density at radius 2 is 2.16 bits per heavy atom. The van der Waals surface area contributed by atoms with Gasteiger partial charge in [0.2, 0.25) is 5.95 Å². The fourth-order valence-corrected chi connectivity index (χ4v) is 5.44. The van der Waals surface area contributed by atoms with Crippen molar-refractivity contribution in [1.29, 1.82) is 5.26 Å². The largest absolute Gasteiger partial charge is 0.365 e.